The predicted molar refractivity (Wildman–Crippen MR) is 61.0 cm³/mol. The molecule has 2 atom stereocenters. The van der Waals surface area contributed by atoms with Crippen molar-refractivity contribution in [3.05, 3.63) is 22.7 Å². The molecule has 0 aromatic carbocycles. The second-order valence-corrected chi connectivity index (χ2v) is 4.12. The van der Waals surface area contributed by atoms with Gasteiger partial charge in [-0.25, -0.2) is 4.79 Å². The number of nitrogens with zero attached hydrogens (tertiary/aromatic N) is 2. The molecule has 1 aliphatic rings. The Hall–Kier alpha value is -1.36. The number of nitrogens with two attached hydrogens (primary N) is 1. The van der Waals surface area contributed by atoms with Crippen LogP contribution < -0.4 is 11.4 Å². The summed E-state index contributed by atoms with van der Waals surface area (Å²) in [5.74, 6) is 0.254. The third-order valence-corrected chi connectivity index (χ3v) is 2.86. The molecule has 88 valence electrons. The number of anilines is 1. The Morgan fingerprint density at radius 2 is 2.44 bits per heavy atom. The Morgan fingerprint density at radius 1 is 1.62 bits per heavy atom. The molecule has 16 heavy (non-hydrogen) atoms. The van der Waals surface area contributed by atoms with E-state index >= 15 is 0 Å². The molecule has 1 fully saturated rings. The Kier molecular flexibility index (Phi) is 3.24. The maximum absolute atomic E-state index is 11.6. The van der Waals surface area contributed by atoms with Crippen molar-refractivity contribution < 1.29 is 4.74 Å². The van der Waals surface area contributed by atoms with Crippen LogP contribution in [0.5, 0.6) is 0 Å². The molecule has 0 spiro atoms. The van der Waals surface area contributed by atoms with Crippen molar-refractivity contribution in [1.29, 1.82) is 0 Å². The third kappa shape index (κ3) is 2.24. The third-order valence-electron chi connectivity index (χ3n) is 2.86. The standard InChI is InChI=1S/C11H17N3O2/c1-2-3-8-4-5-10(16-8)14-7-6-9(12)13-11(14)15/h6-8,10H,2-5H2,1H3,(H2,12,13,15). The average Bonchev–Trinajstić information content (AvgIpc) is 2.67. The van der Waals surface area contributed by atoms with Gasteiger partial charge in [-0.3, -0.25) is 4.57 Å². The molecule has 5 heteroatoms. The molecule has 5 nitrogen and oxygen atoms in total. The predicted octanol–water partition coefficient (Wildman–Crippen LogP) is 1.30. The number of rotatable bonds is 3. The summed E-state index contributed by atoms with van der Waals surface area (Å²) >= 11 is 0. The quantitative estimate of drug-likeness (QED) is 0.838. The van der Waals surface area contributed by atoms with E-state index < -0.39 is 0 Å². The van der Waals surface area contributed by atoms with Crippen LogP contribution in [0, 0.1) is 0 Å². The fourth-order valence-corrected chi connectivity index (χ4v) is 2.07. The van der Waals surface area contributed by atoms with Gasteiger partial charge in [-0.15, -0.1) is 0 Å². The van der Waals surface area contributed by atoms with E-state index in [0.29, 0.717) is 0 Å². The van der Waals surface area contributed by atoms with Crippen LogP contribution in [0.4, 0.5) is 5.82 Å². The topological polar surface area (TPSA) is 70.1 Å². The summed E-state index contributed by atoms with van der Waals surface area (Å²) < 4.78 is 7.31. The summed E-state index contributed by atoms with van der Waals surface area (Å²) in [7, 11) is 0. The van der Waals surface area contributed by atoms with Gasteiger partial charge in [-0.2, -0.15) is 4.98 Å². The van der Waals surface area contributed by atoms with Gasteiger partial charge in [0, 0.05) is 6.20 Å². The second-order valence-electron chi connectivity index (χ2n) is 4.12. The molecule has 1 aromatic rings. The van der Waals surface area contributed by atoms with Crippen molar-refractivity contribution in [2.45, 2.75) is 44.9 Å². The Balaban J connectivity index is 2.11. The van der Waals surface area contributed by atoms with E-state index in [1.54, 1.807) is 12.3 Å². The zero-order valence-electron chi connectivity index (χ0n) is 9.43. The molecule has 0 saturated carbocycles. The maximum atomic E-state index is 11.6. The maximum Gasteiger partial charge on any atom is 0.351 e. The average molecular weight is 223 g/mol. The number of hydrogen-bond donors (Lipinski definition) is 1. The van der Waals surface area contributed by atoms with E-state index in [0.717, 1.165) is 25.7 Å². The molecule has 2 heterocycles. The molecule has 2 unspecified atom stereocenters. The van der Waals surface area contributed by atoms with Gasteiger partial charge in [0.05, 0.1) is 6.10 Å². The molecule has 0 bridgehead atoms. The van der Waals surface area contributed by atoms with Gasteiger partial charge < -0.3 is 10.5 Å². The van der Waals surface area contributed by atoms with Gasteiger partial charge in [0.1, 0.15) is 12.0 Å². The highest BCUT2D eigenvalue weighted by Crippen LogP contribution is 2.29. The fraction of sp³-hybridized carbons (Fsp3) is 0.636. The van der Waals surface area contributed by atoms with Crippen LogP contribution in [0.15, 0.2) is 17.1 Å². The van der Waals surface area contributed by atoms with Crippen LogP contribution in [-0.2, 0) is 4.74 Å². The highest BCUT2D eigenvalue weighted by atomic mass is 16.5. The molecule has 0 radical (unpaired) electrons. The summed E-state index contributed by atoms with van der Waals surface area (Å²) in [6.07, 6.45) is 5.80. The molecule has 2 rings (SSSR count). The smallest absolute Gasteiger partial charge is 0.351 e. The SMILES string of the molecule is CCCC1CCC(n2ccc(N)nc2=O)O1. The van der Waals surface area contributed by atoms with Gasteiger partial charge in [0.15, 0.2) is 0 Å². The van der Waals surface area contributed by atoms with Gasteiger partial charge in [0.2, 0.25) is 0 Å². The van der Waals surface area contributed by atoms with Gasteiger partial charge in [-0.05, 0) is 25.3 Å². The molecular weight excluding hydrogens is 206 g/mol. The minimum absolute atomic E-state index is 0.169. The first-order valence-corrected chi connectivity index (χ1v) is 5.71. The molecule has 1 aliphatic heterocycles. The van der Waals surface area contributed by atoms with Crippen molar-refractivity contribution in [3.63, 3.8) is 0 Å². The summed E-state index contributed by atoms with van der Waals surface area (Å²) in [5.41, 5.74) is 5.10. The molecule has 0 aliphatic carbocycles. The summed E-state index contributed by atoms with van der Waals surface area (Å²) in [4.78, 5) is 15.3. The van der Waals surface area contributed by atoms with Crippen molar-refractivity contribution in [3.8, 4) is 0 Å². The molecule has 1 saturated heterocycles. The first-order chi connectivity index (χ1) is 7.70. The lowest BCUT2D eigenvalue weighted by molar-refractivity contribution is -0.00423. The lowest BCUT2D eigenvalue weighted by Gasteiger charge is -2.15. The second kappa shape index (κ2) is 4.65. The van der Waals surface area contributed by atoms with Crippen LogP contribution in [0.25, 0.3) is 0 Å². The zero-order chi connectivity index (χ0) is 11.5. The van der Waals surface area contributed by atoms with Gasteiger partial charge >= 0.3 is 5.69 Å². The Bertz CT molecular complexity index is 416. The van der Waals surface area contributed by atoms with Crippen LogP contribution in [0.3, 0.4) is 0 Å². The zero-order valence-corrected chi connectivity index (χ0v) is 9.43. The minimum atomic E-state index is -0.331. The van der Waals surface area contributed by atoms with E-state index in [1.165, 1.54) is 4.57 Å². The van der Waals surface area contributed by atoms with Gasteiger partial charge in [0.25, 0.3) is 0 Å². The summed E-state index contributed by atoms with van der Waals surface area (Å²) in [6.45, 7) is 2.13. The van der Waals surface area contributed by atoms with Crippen molar-refractivity contribution >= 4 is 5.82 Å². The largest absolute Gasteiger partial charge is 0.383 e. The molecule has 0 amide bonds. The Labute approximate surface area is 94.2 Å². The lowest BCUT2D eigenvalue weighted by Crippen LogP contribution is -2.27. The normalized spacial score (nSPS) is 24.8. The molecule has 1 aromatic heterocycles. The highest BCUT2D eigenvalue weighted by Gasteiger charge is 2.26. The van der Waals surface area contributed by atoms with E-state index in [2.05, 4.69) is 11.9 Å². The number of hydrogen-bond acceptors (Lipinski definition) is 4. The summed E-state index contributed by atoms with van der Waals surface area (Å²) in [5, 5.41) is 0. The lowest BCUT2D eigenvalue weighted by atomic mass is 10.1. The molecule has 2 N–H and O–H groups in total. The van der Waals surface area contributed by atoms with Crippen molar-refractivity contribution in [2.24, 2.45) is 0 Å². The monoisotopic (exact) mass is 223 g/mol. The van der Waals surface area contributed by atoms with Crippen LogP contribution in [0.2, 0.25) is 0 Å². The van der Waals surface area contributed by atoms with E-state index in [9.17, 15) is 4.79 Å². The van der Waals surface area contributed by atoms with Crippen molar-refractivity contribution in [1.82, 2.24) is 9.55 Å². The first kappa shape index (κ1) is 11.1. The Morgan fingerprint density at radius 3 is 3.12 bits per heavy atom. The van der Waals surface area contributed by atoms with E-state index in [4.69, 9.17) is 10.5 Å². The number of nitrogen functional groups attached to an aromatic ring is 1. The van der Waals surface area contributed by atoms with Crippen LogP contribution >= 0.6 is 0 Å². The number of ether oxygens (including phenoxy) is 1. The van der Waals surface area contributed by atoms with Crippen LogP contribution in [0.1, 0.15) is 38.8 Å². The van der Waals surface area contributed by atoms with Crippen LogP contribution in [-0.4, -0.2) is 15.7 Å². The van der Waals surface area contributed by atoms with E-state index in [1.807, 2.05) is 0 Å². The minimum Gasteiger partial charge on any atom is -0.383 e. The molecular formula is C11H17N3O2. The number of aromatic nitrogens is 2. The van der Waals surface area contributed by atoms with Gasteiger partial charge in [-0.1, -0.05) is 13.3 Å². The fourth-order valence-electron chi connectivity index (χ4n) is 2.07. The van der Waals surface area contributed by atoms with Crippen molar-refractivity contribution in [2.75, 3.05) is 5.73 Å². The first-order valence-electron chi connectivity index (χ1n) is 5.71. The summed E-state index contributed by atoms with van der Waals surface area (Å²) in [6, 6.07) is 1.62. The highest BCUT2D eigenvalue weighted by molar-refractivity contribution is 5.23. The van der Waals surface area contributed by atoms with E-state index in [-0.39, 0.29) is 23.8 Å².